The zero-order valence-corrected chi connectivity index (χ0v) is 43.4. The third-order valence-corrected chi connectivity index (χ3v) is 15.8. The van der Waals surface area contributed by atoms with E-state index in [9.17, 15) is 19.8 Å². The Morgan fingerprint density at radius 2 is 0.727 bits per heavy atom. The molecule has 0 bridgehead atoms. The van der Waals surface area contributed by atoms with Crippen LogP contribution in [0.4, 0.5) is 0 Å². The number of hydrogen-bond donors (Lipinski definition) is 4. The van der Waals surface area contributed by atoms with Crippen molar-refractivity contribution in [3.8, 4) is 0 Å². The summed E-state index contributed by atoms with van der Waals surface area (Å²) >= 11 is 0. The normalized spacial score (nSPS) is 28.7. The minimum Gasteiger partial charge on any atom is -0.389 e. The van der Waals surface area contributed by atoms with Crippen LogP contribution in [-0.4, -0.2) is 128 Å². The van der Waals surface area contributed by atoms with Crippen LogP contribution in [0.2, 0.25) is 0 Å². The number of β-amino-alcohol motifs (C(OH)–C–C–N with tert-alkyl or cyclic N) is 2. The number of unbranched alkanes of at least 4 members (excludes halogenated alkanes) is 1. The second-order valence-corrected chi connectivity index (χ2v) is 24.9. The lowest BCUT2D eigenvalue weighted by atomic mass is 9.72. The summed E-state index contributed by atoms with van der Waals surface area (Å²) in [5.41, 5.74) is -4.35. The number of amides is 2. The first-order chi connectivity index (χ1) is 31.2. The van der Waals surface area contributed by atoms with Gasteiger partial charge in [-0.3, -0.25) is 9.59 Å². The zero-order chi connectivity index (χ0) is 47.7. The van der Waals surface area contributed by atoms with E-state index in [1.165, 1.54) is 64.2 Å². The fourth-order valence-electron chi connectivity index (χ4n) is 14.2. The van der Waals surface area contributed by atoms with Crippen molar-refractivity contribution in [2.24, 2.45) is 0 Å². The Morgan fingerprint density at radius 3 is 1.00 bits per heavy atom. The molecular weight excluding hydrogens is 833 g/mol. The van der Waals surface area contributed by atoms with Crippen LogP contribution >= 0.6 is 0 Å². The van der Waals surface area contributed by atoms with Crippen molar-refractivity contribution in [2.75, 3.05) is 39.5 Å². The highest BCUT2D eigenvalue weighted by atomic mass is 16.6. The van der Waals surface area contributed by atoms with Gasteiger partial charge < -0.3 is 49.6 Å². The third kappa shape index (κ3) is 14.2. The highest BCUT2D eigenvalue weighted by Gasteiger charge is 2.66. The Labute approximate surface area is 401 Å². The summed E-state index contributed by atoms with van der Waals surface area (Å²) in [6.45, 7) is 19.0. The van der Waals surface area contributed by atoms with E-state index in [1.807, 2.05) is 9.80 Å². The lowest BCUT2D eigenvalue weighted by molar-refractivity contribution is -0.179. The molecule has 0 unspecified atom stereocenters. The molecule has 2 aliphatic carbocycles. The lowest BCUT2D eigenvalue weighted by Gasteiger charge is -2.50. The van der Waals surface area contributed by atoms with Gasteiger partial charge in [0.05, 0.1) is 38.5 Å². The lowest BCUT2D eigenvalue weighted by Crippen LogP contribution is -2.65. The van der Waals surface area contributed by atoms with Crippen molar-refractivity contribution in [3.63, 3.8) is 0 Å². The van der Waals surface area contributed by atoms with Gasteiger partial charge in [-0.25, -0.2) is 0 Å². The first-order valence-electron chi connectivity index (χ1n) is 27.3. The summed E-state index contributed by atoms with van der Waals surface area (Å²) in [5.74, 6) is 0.0693. The highest BCUT2D eigenvalue weighted by molar-refractivity contribution is 5.89. The maximum absolute atomic E-state index is 14.8. The number of aliphatic hydroxyl groups is 2. The van der Waals surface area contributed by atoms with Gasteiger partial charge in [0.1, 0.15) is 11.4 Å². The second kappa shape index (κ2) is 22.8. The Kier molecular flexibility index (Phi) is 18.6. The van der Waals surface area contributed by atoms with Crippen molar-refractivity contribution < 1.29 is 38.7 Å². The van der Waals surface area contributed by atoms with Gasteiger partial charge in [-0.2, -0.15) is 0 Å². The first-order valence-corrected chi connectivity index (χ1v) is 27.3. The average Bonchev–Trinajstić information content (AvgIpc) is 3.51. The van der Waals surface area contributed by atoms with Crippen molar-refractivity contribution in [3.05, 3.63) is 0 Å². The molecule has 0 aromatic heterocycles. The minimum atomic E-state index is -0.918. The molecule has 6 aliphatic rings. The van der Waals surface area contributed by atoms with Crippen molar-refractivity contribution in [2.45, 2.75) is 292 Å². The smallest absolute Gasteiger partial charge is 0.257 e. The van der Waals surface area contributed by atoms with Crippen molar-refractivity contribution >= 4 is 11.8 Å². The monoisotopic (exact) mass is 931 g/mol. The van der Waals surface area contributed by atoms with E-state index in [4.69, 9.17) is 18.9 Å². The van der Waals surface area contributed by atoms with Crippen molar-refractivity contribution in [1.82, 2.24) is 20.4 Å². The molecule has 66 heavy (non-hydrogen) atoms. The van der Waals surface area contributed by atoms with Gasteiger partial charge in [0.25, 0.3) is 11.8 Å². The molecule has 0 radical (unpaired) electrons. The maximum atomic E-state index is 14.8. The predicted octanol–water partition coefficient (Wildman–Crippen LogP) is 9.60. The quantitative estimate of drug-likeness (QED) is 0.132. The Balaban J connectivity index is 1.00. The summed E-state index contributed by atoms with van der Waals surface area (Å²) in [6.07, 6.45) is 26.6. The van der Waals surface area contributed by atoms with Crippen molar-refractivity contribution in [1.29, 1.82) is 0 Å². The van der Waals surface area contributed by atoms with Crippen LogP contribution in [0, 0.1) is 0 Å². The zero-order valence-electron chi connectivity index (χ0n) is 43.4. The van der Waals surface area contributed by atoms with E-state index in [-0.39, 0.29) is 60.3 Å². The summed E-state index contributed by atoms with van der Waals surface area (Å²) in [7, 11) is 0. The Bertz CT molecular complexity index is 1380. The molecule has 6 rings (SSSR count). The molecule has 2 amide bonds. The third-order valence-electron chi connectivity index (χ3n) is 15.8. The van der Waals surface area contributed by atoms with Crippen LogP contribution in [0.5, 0.6) is 0 Å². The molecule has 0 aromatic rings. The van der Waals surface area contributed by atoms with E-state index < -0.39 is 34.9 Å². The number of ether oxygens (including phenoxy) is 4. The number of carbonyl (C=O) groups is 2. The Hall–Kier alpha value is -1.38. The summed E-state index contributed by atoms with van der Waals surface area (Å²) < 4.78 is 26.7. The second-order valence-electron chi connectivity index (χ2n) is 24.9. The molecule has 12 nitrogen and oxygen atoms in total. The fraction of sp³-hybridized carbons (Fsp3) is 0.963. The van der Waals surface area contributed by atoms with Crippen LogP contribution in [-0.2, 0) is 28.5 Å². The van der Waals surface area contributed by atoms with Gasteiger partial charge in [-0.05, 0) is 120 Å². The molecule has 4 spiro atoms. The van der Waals surface area contributed by atoms with Gasteiger partial charge >= 0.3 is 0 Å². The minimum absolute atomic E-state index is 0.0347. The van der Waals surface area contributed by atoms with Gasteiger partial charge in [0.2, 0.25) is 0 Å². The number of carbonyl (C=O) groups excluding carboxylic acids is 2. The molecule has 4 saturated heterocycles. The highest BCUT2D eigenvalue weighted by Crippen LogP contribution is 2.53. The number of nitrogens with zero attached hydrogens (tertiary/aromatic N) is 2. The number of hydrogen-bond acceptors (Lipinski definition) is 10. The molecule has 4 N–H and O–H groups in total. The topological polar surface area (TPSA) is 142 Å². The number of rotatable bonds is 13. The van der Waals surface area contributed by atoms with Crippen LogP contribution in [0.1, 0.15) is 235 Å². The van der Waals surface area contributed by atoms with E-state index in [1.54, 1.807) is 0 Å². The fourth-order valence-corrected chi connectivity index (χ4v) is 14.2. The average molecular weight is 931 g/mol. The molecule has 0 aromatic carbocycles. The number of nitrogens with one attached hydrogen (secondary N) is 2. The summed E-state index contributed by atoms with van der Waals surface area (Å²) in [6, 6.07) is 0. The van der Waals surface area contributed by atoms with E-state index in [2.05, 4.69) is 66.0 Å². The maximum Gasteiger partial charge on any atom is 0.257 e. The molecular formula is C54H98N4O8. The molecule has 4 heterocycles. The largest absolute Gasteiger partial charge is 0.389 e. The van der Waals surface area contributed by atoms with Gasteiger partial charge in [0, 0.05) is 61.1 Å². The Morgan fingerprint density at radius 1 is 0.470 bits per heavy atom. The number of piperidine rings is 2. The molecule has 4 aliphatic heterocycles. The first kappa shape index (κ1) is 54.0. The van der Waals surface area contributed by atoms with Gasteiger partial charge in [0.15, 0.2) is 11.2 Å². The summed E-state index contributed by atoms with van der Waals surface area (Å²) in [5, 5.41) is 30.5. The predicted molar refractivity (Wildman–Crippen MR) is 262 cm³/mol. The van der Waals surface area contributed by atoms with Gasteiger partial charge in [-0.1, -0.05) is 89.9 Å². The van der Waals surface area contributed by atoms with Crippen LogP contribution < -0.4 is 10.6 Å². The molecule has 2 saturated carbocycles. The van der Waals surface area contributed by atoms with Crippen LogP contribution in [0.15, 0.2) is 0 Å². The van der Waals surface area contributed by atoms with Gasteiger partial charge in [-0.15, -0.1) is 0 Å². The molecule has 382 valence electrons. The SMILES string of the molecule is CC1(C)CC2(CC(C)(C)N1)OC1(CCCCCCCCCCC1)N(C[C@H](O)COCCCCOC[C@H](O)CN1C(=O)C3(CC(C)(C)NC(C)(C)C3)OC13CCCCCCCCCCC3)C2=O. The molecule has 6 fully saturated rings. The van der Waals surface area contributed by atoms with Crippen LogP contribution in [0.25, 0.3) is 0 Å². The van der Waals surface area contributed by atoms with E-state index >= 15 is 0 Å². The number of aliphatic hydroxyl groups excluding tert-OH is 2. The van der Waals surface area contributed by atoms with Crippen LogP contribution in [0.3, 0.4) is 0 Å². The standard InChI is InChI=1S/C54H98N4O8/c1-47(2)39-51(40-48(3,4)55-47)45(61)57(53(65-51)29-23-19-15-11-9-12-16-20-24-30-53)35-43(59)37-63-33-27-28-34-64-38-44(60)36-58-46(62)52(41-49(5,6)56-50(7,8)42-52)66-54(58)31-25-21-17-13-10-14-18-22-26-32-54/h43-44,55-56,59-60H,9-42H2,1-8H3/t43-,44+. The van der Waals surface area contributed by atoms with E-state index in [0.29, 0.717) is 38.9 Å². The summed E-state index contributed by atoms with van der Waals surface area (Å²) in [4.78, 5) is 33.5. The van der Waals surface area contributed by atoms with E-state index in [0.717, 1.165) is 89.9 Å². The molecule has 12 heteroatoms. The molecule has 2 atom stereocenters.